The standard InChI is InChI=1S/C22H23N5O5S2/c1-14-7-2-3-9-16(14)20(29)24-21-25-26-22(33-21)34(30,31)27-18-11-5-4-10-17(18)19(28)23-13-15-8-6-12-32-15/h2-5,7,9-11,15,27H,6,8,12-13H2,1H3,(H,23,28)(H,24,25,29)/t15-/m1/s1. The van der Waals surface area contributed by atoms with Crippen LogP contribution < -0.4 is 15.4 Å². The summed E-state index contributed by atoms with van der Waals surface area (Å²) >= 11 is 0.708. The third-order valence-corrected chi connectivity index (χ3v) is 7.75. The van der Waals surface area contributed by atoms with Crippen LogP contribution in [0.15, 0.2) is 52.9 Å². The Kier molecular flexibility index (Phi) is 7.20. The van der Waals surface area contributed by atoms with Crippen molar-refractivity contribution in [2.24, 2.45) is 0 Å². The van der Waals surface area contributed by atoms with Crippen LogP contribution in [0.25, 0.3) is 0 Å². The predicted molar refractivity (Wildman–Crippen MR) is 128 cm³/mol. The van der Waals surface area contributed by atoms with Crippen LogP contribution in [0, 0.1) is 6.92 Å². The summed E-state index contributed by atoms with van der Waals surface area (Å²) in [6.45, 7) is 2.82. The Labute approximate surface area is 200 Å². The van der Waals surface area contributed by atoms with Crippen molar-refractivity contribution in [2.75, 3.05) is 23.2 Å². The molecule has 0 aliphatic carbocycles. The predicted octanol–water partition coefficient (Wildman–Crippen LogP) is 2.81. The minimum atomic E-state index is -4.15. The Balaban J connectivity index is 1.45. The minimum absolute atomic E-state index is 0.0382. The first kappa shape index (κ1) is 23.8. The Morgan fingerprint density at radius 1 is 1.06 bits per heavy atom. The smallest absolute Gasteiger partial charge is 0.291 e. The van der Waals surface area contributed by atoms with E-state index in [4.69, 9.17) is 4.74 Å². The Bertz CT molecular complexity index is 1300. The fourth-order valence-corrected chi connectivity index (χ4v) is 5.40. The molecule has 2 aromatic carbocycles. The van der Waals surface area contributed by atoms with E-state index in [1.54, 1.807) is 37.3 Å². The van der Waals surface area contributed by atoms with Crippen molar-refractivity contribution in [1.29, 1.82) is 0 Å². The number of nitrogens with zero attached hydrogens (tertiary/aromatic N) is 2. The fraction of sp³-hybridized carbons (Fsp3) is 0.273. The van der Waals surface area contributed by atoms with E-state index in [1.165, 1.54) is 12.1 Å². The van der Waals surface area contributed by atoms with Crippen LogP contribution in [0.3, 0.4) is 0 Å². The summed E-state index contributed by atoms with van der Waals surface area (Å²) < 4.78 is 33.3. The number of carbonyl (C=O) groups is 2. The molecule has 0 saturated carbocycles. The SMILES string of the molecule is Cc1ccccc1C(=O)Nc1nnc(S(=O)(=O)Nc2ccccc2C(=O)NC[C@H]2CCCO2)s1. The van der Waals surface area contributed by atoms with Gasteiger partial charge in [0.15, 0.2) is 0 Å². The van der Waals surface area contributed by atoms with Crippen molar-refractivity contribution >= 4 is 44.0 Å². The zero-order chi connectivity index (χ0) is 24.1. The molecular weight excluding hydrogens is 478 g/mol. The number of rotatable bonds is 8. The number of ether oxygens (including phenoxy) is 1. The second-order valence-electron chi connectivity index (χ2n) is 7.64. The van der Waals surface area contributed by atoms with Crippen LogP contribution in [0.1, 0.15) is 39.1 Å². The van der Waals surface area contributed by atoms with Gasteiger partial charge in [-0.1, -0.05) is 41.7 Å². The van der Waals surface area contributed by atoms with Gasteiger partial charge >= 0.3 is 0 Å². The zero-order valence-electron chi connectivity index (χ0n) is 18.3. The lowest BCUT2D eigenvalue weighted by Gasteiger charge is -2.13. The average Bonchev–Trinajstić information content (AvgIpc) is 3.50. The summed E-state index contributed by atoms with van der Waals surface area (Å²) in [7, 11) is -4.15. The first-order chi connectivity index (χ1) is 16.3. The monoisotopic (exact) mass is 501 g/mol. The van der Waals surface area contributed by atoms with Crippen molar-refractivity contribution in [3.05, 3.63) is 65.2 Å². The molecule has 10 nitrogen and oxygen atoms in total. The number of aromatic nitrogens is 2. The average molecular weight is 502 g/mol. The minimum Gasteiger partial charge on any atom is -0.376 e. The van der Waals surface area contributed by atoms with E-state index in [2.05, 4.69) is 25.6 Å². The van der Waals surface area contributed by atoms with Crippen LogP contribution in [-0.4, -0.2) is 49.7 Å². The van der Waals surface area contributed by atoms with E-state index in [1.807, 2.05) is 6.07 Å². The molecule has 1 aliphatic heterocycles. The normalized spacial score (nSPS) is 15.6. The van der Waals surface area contributed by atoms with Gasteiger partial charge in [0.05, 0.1) is 17.4 Å². The Hall–Kier alpha value is -3.35. The topological polar surface area (TPSA) is 139 Å². The molecule has 34 heavy (non-hydrogen) atoms. The van der Waals surface area contributed by atoms with E-state index >= 15 is 0 Å². The maximum atomic E-state index is 12.9. The second kappa shape index (κ2) is 10.3. The lowest BCUT2D eigenvalue weighted by Crippen LogP contribution is -2.32. The van der Waals surface area contributed by atoms with Gasteiger partial charge in [-0.15, -0.1) is 10.2 Å². The van der Waals surface area contributed by atoms with Gasteiger partial charge in [0.2, 0.25) is 5.13 Å². The highest BCUT2D eigenvalue weighted by molar-refractivity contribution is 7.94. The fourth-order valence-electron chi connectivity index (χ4n) is 3.43. The molecule has 1 aliphatic rings. The third-order valence-electron chi connectivity index (χ3n) is 5.18. The van der Waals surface area contributed by atoms with Crippen LogP contribution in [0.2, 0.25) is 0 Å². The highest BCUT2D eigenvalue weighted by Gasteiger charge is 2.24. The molecule has 1 fully saturated rings. The van der Waals surface area contributed by atoms with Crippen molar-refractivity contribution < 1.29 is 22.7 Å². The summed E-state index contributed by atoms with van der Waals surface area (Å²) in [5, 5.41) is 12.9. The molecule has 1 aromatic heterocycles. The maximum Gasteiger partial charge on any atom is 0.291 e. The highest BCUT2D eigenvalue weighted by Crippen LogP contribution is 2.25. The van der Waals surface area contributed by atoms with Crippen molar-refractivity contribution in [3.8, 4) is 0 Å². The second-order valence-corrected chi connectivity index (χ2v) is 10.5. The first-order valence-corrected chi connectivity index (χ1v) is 12.9. The quantitative estimate of drug-likeness (QED) is 0.403. The first-order valence-electron chi connectivity index (χ1n) is 10.6. The molecule has 3 N–H and O–H groups in total. The molecule has 178 valence electrons. The van der Waals surface area contributed by atoms with Crippen LogP contribution >= 0.6 is 11.3 Å². The summed E-state index contributed by atoms with van der Waals surface area (Å²) in [4.78, 5) is 25.1. The van der Waals surface area contributed by atoms with E-state index in [9.17, 15) is 18.0 Å². The number of aryl methyl sites for hydroxylation is 1. The molecule has 0 unspecified atom stereocenters. The lowest BCUT2D eigenvalue weighted by atomic mass is 10.1. The number of sulfonamides is 1. The lowest BCUT2D eigenvalue weighted by molar-refractivity contribution is 0.0858. The van der Waals surface area contributed by atoms with E-state index in [0.717, 1.165) is 18.4 Å². The highest BCUT2D eigenvalue weighted by atomic mass is 32.2. The van der Waals surface area contributed by atoms with Gasteiger partial charge in [0.25, 0.3) is 26.2 Å². The van der Waals surface area contributed by atoms with Gasteiger partial charge in [0.1, 0.15) is 0 Å². The van der Waals surface area contributed by atoms with Gasteiger partial charge in [-0.25, -0.2) is 0 Å². The Morgan fingerprint density at radius 2 is 1.79 bits per heavy atom. The van der Waals surface area contributed by atoms with Gasteiger partial charge < -0.3 is 10.1 Å². The molecule has 4 rings (SSSR count). The number of carbonyl (C=O) groups excluding carboxylic acids is 2. The number of hydrogen-bond acceptors (Lipinski definition) is 8. The summed E-state index contributed by atoms with van der Waals surface area (Å²) in [6, 6.07) is 13.3. The van der Waals surface area contributed by atoms with E-state index < -0.39 is 21.8 Å². The van der Waals surface area contributed by atoms with Crippen molar-refractivity contribution in [2.45, 2.75) is 30.2 Å². The molecule has 1 saturated heterocycles. The van der Waals surface area contributed by atoms with Gasteiger partial charge in [-0.05, 0) is 43.5 Å². The number of hydrogen-bond donors (Lipinski definition) is 3. The van der Waals surface area contributed by atoms with Crippen LogP contribution in [0.4, 0.5) is 10.8 Å². The van der Waals surface area contributed by atoms with Gasteiger partial charge in [-0.3, -0.25) is 19.6 Å². The summed E-state index contributed by atoms with van der Waals surface area (Å²) in [5.41, 5.74) is 1.49. The molecule has 0 bridgehead atoms. The number of amides is 2. The number of nitrogens with one attached hydrogen (secondary N) is 3. The largest absolute Gasteiger partial charge is 0.376 e. The van der Waals surface area contributed by atoms with E-state index in [0.29, 0.717) is 30.1 Å². The van der Waals surface area contributed by atoms with Gasteiger partial charge in [0, 0.05) is 18.7 Å². The molecule has 2 amide bonds. The molecule has 0 spiro atoms. The molecule has 3 aromatic rings. The number of para-hydroxylation sites is 1. The molecule has 0 radical (unpaired) electrons. The molecule has 1 atom stereocenters. The van der Waals surface area contributed by atoms with Crippen LogP contribution in [-0.2, 0) is 14.8 Å². The van der Waals surface area contributed by atoms with E-state index in [-0.39, 0.29) is 26.8 Å². The number of benzene rings is 2. The molecule has 2 heterocycles. The van der Waals surface area contributed by atoms with Gasteiger partial charge in [-0.2, -0.15) is 8.42 Å². The zero-order valence-corrected chi connectivity index (χ0v) is 19.9. The maximum absolute atomic E-state index is 12.9. The summed E-state index contributed by atoms with van der Waals surface area (Å²) in [5.74, 6) is -0.836. The van der Waals surface area contributed by atoms with Crippen molar-refractivity contribution in [3.63, 3.8) is 0 Å². The third kappa shape index (κ3) is 5.58. The molecule has 12 heteroatoms. The van der Waals surface area contributed by atoms with Crippen molar-refractivity contribution in [1.82, 2.24) is 15.5 Å². The Morgan fingerprint density at radius 3 is 2.53 bits per heavy atom. The summed E-state index contributed by atoms with van der Waals surface area (Å²) in [6.07, 6.45) is 1.78. The molecular formula is C22H23N5O5S2. The number of anilines is 2. The van der Waals surface area contributed by atoms with Crippen LogP contribution in [0.5, 0.6) is 0 Å².